The van der Waals surface area contributed by atoms with Crippen LogP contribution in [0.4, 0.5) is 0 Å². The van der Waals surface area contributed by atoms with Crippen molar-refractivity contribution in [1.29, 1.82) is 0 Å². The van der Waals surface area contributed by atoms with Crippen LogP contribution < -0.4 is 0 Å². The molecule has 0 amide bonds. The van der Waals surface area contributed by atoms with Crippen LogP contribution >= 0.6 is 0 Å². The summed E-state index contributed by atoms with van der Waals surface area (Å²) in [6.07, 6.45) is 11.7. The molecular weight excluding hydrogens is 504 g/mol. The minimum Gasteiger partial charge on any atom is -0.0622 e. The molecule has 10 unspecified atom stereocenters. The smallest absolute Gasteiger partial charge is 0.00910 e. The lowest BCUT2D eigenvalue weighted by Crippen LogP contribution is -2.35. The van der Waals surface area contributed by atoms with E-state index in [4.69, 9.17) is 0 Å². The van der Waals surface area contributed by atoms with E-state index in [2.05, 4.69) is 112 Å². The Kier molecular flexibility index (Phi) is 8.01. The monoisotopic (exact) mass is 569 g/mol. The average Bonchev–Trinajstić information content (AvgIpc) is 3.46. The third kappa shape index (κ3) is 5.53. The van der Waals surface area contributed by atoms with Crippen molar-refractivity contribution in [3.05, 3.63) is 48.0 Å². The molecular formula is C42H64. The molecule has 2 aromatic carbocycles. The first-order valence-electron chi connectivity index (χ1n) is 18.1. The Morgan fingerprint density at radius 1 is 0.548 bits per heavy atom. The fraction of sp³-hybridized carbons (Fsp3) is 0.762. The molecule has 0 bridgehead atoms. The third-order valence-electron chi connectivity index (χ3n) is 14.1. The zero-order valence-corrected chi connectivity index (χ0v) is 29.0. The molecule has 0 radical (unpaired) electrons. The SMILES string of the molecule is CC1CC(C(C)(C)C)CC1C(c1cccc2ccccc12)C1C2CCC(C(C)(C)C)CC2C2CC(C(C)(C)C)CCC21. The lowest BCUT2D eigenvalue weighted by molar-refractivity contribution is 0.0542. The second kappa shape index (κ2) is 10.9. The normalized spacial score (nSPS) is 38.3. The van der Waals surface area contributed by atoms with Crippen LogP contribution in [0, 0.1) is 75.4 Å². The Balaban J connectivity index is 1.47. The van der Waals surface area contributed by atoms with Gasteiger partial charge in [-0.05, 0) is 149 Å². The van der Waals surface area contributed by atoms with Gasteiger partial charge in [-0.1, -0.05) is 112 Å². The molecule has 0 heterocycles. The van der Waals surface area contributed by atoms with Crippen molar-refractivity contribution in [2.75, 3.05) is 0 Å². The molecule has 4 aliphatic rings. The average molecular weight is 569 g/mol. The van der Waals surface area contributed by atoms with E-state index in [9.17, 15) is 0 Å². The fourth-order valence-corrected chi connectivity index (χ4v) is 11.6. The van der Waals surface area contributed by atoms with E-state index >= 15 is 0 Å². The lowest BCUT2D eigenvalue weighted by atomic mass is 9.60. The molecule has 42 heavy (non-hydrogen) atoms. The summed E-state index contributed by atoms with van der Waals surface area (Å²) in [5.74, 6) is 9.53. The van der Waals surface area contributed by atoms with Crippen molar-refractivity contribution in [3.8, 4) is 0 Å². The van der Waals surface area contributed by atoms with Crippen molar-refractivity contribution < 1.29 is 0 Å². The first kappa shape index (κ1) is 30.7. The molecule has 0 nitrogen and oxygen atoms in total. The summed E-state index contributed by atoms with van der Waals surface area (Å²) in [5, 5.41) is 3.01. The van der Waals surface area contributed by atoms with Crippen molar-refractivity contribution in [1.82, 2.24) is 0 Å². The van der Waals surface area contributed by atoms with Crippen LogP contribution in [0.1, 0.15) is 132 Å². The zero-order valence-electron chi connectivity index (χ0n) is 29.0. The number of benzene rings is 2. The van der Waals surface area contributed by atoms with Crippen molar-refractivity contribution in [2.24, 2.45) is 75.4 Å². The van der Waals surface area contributed by atoms with Gasteiger partial charge in [-0.2, -0.15) is 0 Å². The quantitative estimate of drug-likeness (QED) is 0.345. The maximum Gasteiger partial charge on any atom is -0.00910 e. The van der Waals surface area contributed by atoms with Crippen LogP contribution in [0.3, 0.4) is 0 Å². The van der Waals surface area contributed by atoms with Crippen LogP contribution in [0.5, 0.6) is 0 Å². The second-order valence-corrected chi connectivity index (χ2v) is 19.3. The minimum absolute atomic E-state index is 0.405. The van der Waals surface area contributed by atoms with E-state index in [-0.39, 0.29) is 0 Å². The molecule has 0 saturated heterocycles. The predicted molar refractivity (Wildman–Crippen MR) is 183 cm³/mol. The summed E-state index contributed by atoms with van der Waals surface area (Å²) in [4.78, 5) is 0. The molecule has 0 heteroatoms. The maximum atomic E-state index is 2.64. The van der Waals surface area contributed by atoms with Crippen LogP contribution in [-0.4, -0.2) is 0 Å². The summed E-state index contributed by atoms with van der Waals surface area (Å²) in [7, 11) is 0. The van der Waals surface area contributed by atoms with E-state index in [1.165, 1.54) is 56.8 Å². The topological polar surface area (TPSA) is 0 Å². The third-order valence-corrected chi connectivity index (χ3v) is 14.1. The minimum atomic E-state index is 0.405. The summed E-state index contributed by atoms with van der Waals surface area (Å²) < 4.78 is 0. The lowest BCUT2D eigenvalue weighted by Gasteiger charge is -2.44. The maximum absolute atomic E-state index is 2.64. The largest absolute Gasteiger partial charge is 0.0622 e. The van der Waals surface area contributed by atoms with Crippen LogP contribution in [0.15, 0.2) is 42.5 Å². The standard InChI is InChI=1S/C42H64/c1-26-22-30(42(8,9)10)25-35(26)39(32-17-13-15-27-14-11-12-16-31(27)32)38-33-20-18-28(40(2,3)4)23-36(33)37-24-29(41(5,6)7)19-21-34(37)38/h11-17,26,28-30,33-39H,18-25H2,1-10H3. The van der Waals surface area contributed by atoms with E-state index in [1.54, 1.807) is 10.9 Å². The molecule has 232 valence electrons. The number of rotatable bonds is 3. The molecule has 0 aromatic heterocycles. The van der Waals surface area contributed by atoms with Crippen molar-refractivity contribution >= 4 is 10.8 Å². The van der Waals surface area contributed by atoms with Gasteiger partial charge in [0.05, 0.1) is 0 Å². The molecule has 4 fully saturated rings. The predicted octanol–water partition coefficient (Wildman–Crippen LogP) is 12.4. The molecule has 0 N–H and O–H groups in total. The highest BCUT2D eigenvalue weighted by molar-refractivity contribution is 5.86. The fourth-order valence-electron chi connectivity index (χ4n) is 11.6. The van der Waals surface area contributed by atoms with Gasteiger partial charge in [0.25, 0.3) is 0 Å². The Labute approximate surface area is 260 Å². The molecule has 6 rings (SSSR count). The first-order valence-corrected chi connectivity index (χ1v) is 18.1. The molecule has 10 atom stereocenters. The summed E-state index contributed by atoms with van der Waals surface area (Å²) >= 11 is 0. The van der Waals surface area contributed by atoms with Gasteiger partial charge in [-0.15, -0.1) is 0 Å². The zero-order chi connectivity index (χ0) is 30.2. The molecule has 0 spiro atoms. The number of hydrogen-bond donors (Lipinski definition) is 0. The Morgan fingerprint density at radius 3 is 1.60 bits per heavy atom. The number of fused-ring (bicyclic) bond motifs is 4. The Hall–Kier alpha value is -1.30. The Morgan fingerprint density at radius 2 is 1.07 bits per heavy atom. The van der Waals surface area contributed by atoms with E-state index in [0.717, 1.165) is 59.2 Å². The molecule has 0 aliphatic heterocycles. The molecule has 2 aromatic rings. The summed E-state index contributed by atoms with van der Waals surface area (Å²) in [6, 6.07) is 16.8. The highest BCUT2D eigenvalue weighted by Crippen LogP contribution is 2.67. The van der Waals surface area contributed by atoms with Gasteiger partial charge in [0.1, 0.15) is 0 Å². The highest BCUT2D eigenvalue weighted by atomic mass is 14.6. The van der Waals surface area contributed by atoms with Crippen LogP contribution in [0.2, 0.25) is 0 Å². The van der Waals surface area contributed by atoms with Gasteiger partial charge in [0.2, 0.25) is 0 Å². The second-order valence-electron chi connectivity index (χ2n) is 19.3. The molecule has 4 aliphatic carbocycles. The molecule has 4 saturated carbocycles. The van der Waals surface area contributed by atoms with Gasteiger partial charge in [-0.3, -0.25) is 0 Å². The van der Waals surface area contributed by atoms with Gasteiger partial charge in [0, 0.05) is 0 Å². The van der Waals surface area contributed by atoms with Gasteiger partial charge < -0.3 is 0 Å². The Bertz CT molecular complexity index is 1190. The highest BCUT2D eigenvalue weighted by Gasteiger charge is 2.59. The van der Waals surface area contributed by atoms with Gasteiger partial charge in [-0.25, -0.2) is 0 Å². The van der Waals surface area contributed by atoms with Gasteiger partial charge in [0.15, 0.2) is 0 Å². The van der Waals surface area contributed by atoms with Crippen LogP contribution in [-0.2, 0) is 0 Å². The van der Waals surface area contributed by atoms with Crippen LogP contribution in [0.25, 0.3) is 10.8 Å². The number of hydrogen-bond acceptors (Lipinski definition) is 0. The summed E-state index contributed by atoms with van der Waals surface area (Å²) in [5.41, 5.74) is 3.00. The van der Waals surface area contributed by atoms with Crippen molar-refractivity contribution in [2.45, 2.75) is 127 Å². The first-order chi connectivity index (χ1) is 19.6. The van der Waals surface area contributed by atoms with E-state index in [0.29, 0.717) is 22.2 Å². The van der Waals surface area contributed by atoms with Gasteiger partial charge >= 0.3 is 0 Å². The van der Waals surface area contributed by atoms with Crippen molar-refractivity contribution in [3.63, 3.8) is 0 Å². The van der Waals surface area contributed by atoms with E-state index < -0.39 is 0 Å². The van der Waals surface area contributed by atoms with E-state index in [1.807, 2.05) is 0 Å². The summed E-state index contributed by atoms with van der Waals surface area (Å²) in [6.45, 7) is 25.4.